The van der Waals surface area contributed by atoms with E-state index in [9.17, 15) is 28.8 Å². The van der Waals surface area contributed by atoms with Gasteiger partial charge in [-0.05, 0) is 78.8 Å². The number of carbonyl (C=O) groups excluding carboxylic acids is 6. The van der Waals surface area contributed by atoms with Gasteiger partial charge in [-0.2, -0.15) is 0 Å². The Kier molecular flexibility index (Phi) is 13.2. The number of Topliss-reactive ketones (excluding diaryl/α,β-unsaturated/α-hetero) is 1. The van der Waals surface area contributed by atoms with Crippen LogP contribution in [0.1, 0.15) is 121 Å². The lowest BCUT2D eigenvalue weighted by Crippen LogP contribution is -2.62. The Bertz CT molecular complexity index is 1730. The van der Waals surface area contributed by atoms with Crippen molar-refractivity contribution >= 4 is 35.3 Å². The van der Waals surface area contributed by atoms with Crippen molar-refractivity contribution in [2.45, 2.75) is 142 Å². The van der Waals surface area contributed by atoms with Crippen LogP contribution in [0, 0.1) is 23.2 Å². The topological polar surface area (TPSA) is 189 Å². The first-order chi connectivity index (χ1) is 26.8. The Morgan fingerprint density at radius 2 is 1.64 bits per heavy atom. The van der Waals surface area contributed by atoms with Gasteiger partial charge in [0.25, 0.3) is 17.7 Å². The highest BCUT2D eigenvalue weighted by Gasteiger charge is 2.52. The van der Waals surface area contributed by atoms with Gasteiger partial charge in [0, 0.05) is 12.6 Å². The lowest BCUT2D eigenvalue weighted by atomic mass is 9.82. The SMILES string of the molecule is CCC[C@H](NC(=O)[C@@H]1[C@H]2CCC[C@H]2CN1C(=O)[C@@H](NC(=O)[C@@H](NC(=O)c1cc(OCc2ccccc2)no1)C1CCCCC1)C(C)(C)C)C(=O)C(=O)NC1CC1. The maximum absolute atomic E-state index is 14.7. The molecule has 6 atom stereocenters. The average Bonchev–Trinajstić information content (AvgIpc) is 3.51. The van der Waals surface area contributed by atoms with Gasteiger partial charge in [-0.1, -0.05) is 90.1 Å². The van der Waals surface area contributed by atoms with E-state index in [2.05, 4.69) is 26.4 Å². The summed E-state index contributed by atoms with van der Waals surface area (Å²) < 4.78 is 11.0. The highest BCUT2D eigenvalue weighted by molar-refractivity contribution is 6.38. The number of ether oxygens (including phenoxy) is 1. The van der Waals surface area contributed by atoms with Crippen LogP contribution in [0.2, 0.25) is 0 Å². The van der Waals surface area contributed by atoms with Gasteiger partial charge < -0.3 is 35.4 Å². The number of hydrogen-bond donors (Lipinski definition) is 4. The first-order valence-electron chi connectivity index (χ1n) is 20.5. The molecule has 2 heterocycles. The number of aromatic nitrogens is 1. The molecule has 14 nitrogen and oxygen atoms in total. The summed E-state index contributed by atoms with van der Waals surface area (Å²) in [6.45, 7) is 8.04. The molecule has 4 aliphatic rings. The minimum atomic E-state index is -1.03. The molecule has 56 heavy (non-hydrogen) atoms. The van der Waals surface area contributed by atoms with E-state index in [-0.39, 0.29) is 42.0 Å². The molecule has 304 valence electrons. The van der Waals surface area contributed by atoms with Crippen molar-refractivity contribution in [1.82, 2.24) is 31.3 Å². The molecule has 2 aromatic rings. The Hall–Kier alpha value is -4.75. The number of likely N-dealkylation sites (tertiary alicyclic amines) is 1. The molecule has 5 amide bonds. The van der Waals surface area contributed by atoms with Crippen LogP contribution in [0.4, 0.5) is 0 Å². The predicted octanol–water partition coefficient (Wildman–Crippen LogP) is 4.22. The third kappa shape index (κ3) is 9.97. The van der Waals surface area contributed by atoms with Crippen molar-refractivity contribution in [3.05, 3.63) is 47.7 Å². The van der Waals surface area contributed by atoms with Crippen LogP contribution in [0.25, 0.3) is 0 Å². The number of benzene rings is 1. The normalized spacial score (nSPS) is 22.6. The zero-order valence-electron chi connectivity index (χ0n) is 33.1. The fraction of sp³-hybridized carbons (Fsp3) is 0.643. The molecule has 1 aromatic carbocycles. The fourth-order valence-electron chi connectivity index (χ4n) is 8.61. The minimum absolute atomic E-state index is 0.00182. The van der Waals surface area contributed by atoms with Gasteiger partial charge in [-0.3, -0.25) is 28.8 Å². The first-order valence-corrected chi connectivity index (χ1v) is 20.5. The summed E-state index contributed by atoms with van der Waals surface area (Å²) in [6, 6.07) is 7.05. The van der Waals surface area contributed by atoms with E-state index in [1.165, 1.54) is 6.07 Å². The third-order valence-corrected chi connectivity index (χ3v) is 11.8. The van der Waals surface area contributed by atoms with Gasteiger partial charge in [0.2, 0.25) is 29.3 Å². The lowest BCUT2D eigenvalue weighted by molar-refractivity contribution is -0.146. The van der Waals surface area contributed by atoms with E-state index in [4.69, 9.17) is 9.26 Å². The molecule has 6 rings (SSSR count). The zero-order valence-corrected chi connectivity index (χ0v) is 33.1. The number of hydrogen-bond acceptors (Lipinski definition) is 9. The van der Waals surface area contributed by atoms with Gasteiger partial charge in [-0.25, -0.2) is 0 Å². The maximum atomic E-state index is 14.7. The molecule has 14 heteroatoms. The van der Waals surface area contributed by atoms with Crippen LogP contribution >= 0.6 is 0 Å². The minimum Gasteiger partial charge on any atom is -0.471 e. The van der Waals surface area contributed by atoms with Gasteiger partial charge in [0.15, 0.2) is 0 Å². The number of nitrogens with one attached hydrogen (secondary N) is 4. The number of fused-ring (bicyclic) bond motifs is 1. The molecule has 0 spiro atoms. The largest absolute Gasteiger partial charge is 0.471 e. The summed E-state index contributed by atoms with van der Waals surface area (Å²) in [5.74, 6) is -3.48. The second kappa shape index (κ2) is 18.0. The predicted molar refractivity (Wildman–Crippen MR) is 206 cm³/mol. The summed E-state index contributed by atoms with van der Waals surface area (Å²) in [4.78, 5) is 84.4. The summed E-state index contributed by atoms with van der Waals surface area (Å²) in [7, 11) is 0. The molecule has 4 fully saturated rings. The van der Waals surface area contributed by atoms with Crippen LogP contribution in [-0.4, -0.2) is 82.1 Å². The Morgan fingerprint density at radius 3 is 2.32 bits per heavy atom. The summed E-state index contributed by atoms with van der Waals surface area (Å²) in [5, 5.41) is 15.4. The van der Waals surface area contributed by atoms with Crippen molar-refractivity contribution in [3.8, 4) is 5.88 Å². The standard InChI is InChI=1S/C42H58N6O8/c1-5-13-30(35(49)40(53)43-28-20-21-28)44-39(52)34-29-19-12-18-27(29)23-48(34)41(54)36(42(2,3)4)46-38(51)33(26-16-10-7-11-17-26)45-37(50)31-22-32(47-56-31)55-24-25-14-8-6-9-15-25/h6,8-9,14-15,22,26-30,33-34,36H,5,7,10-13,16-21,23-24H2,1-4H3,(H,43,53)(H,44,52)(H,45,50)(H,46,51)/t27-,29-,30-,33-,34-,36+/m0/s1. The van der Waals surface area contributed by atoms with Gasteiger partial charge in [0.05, 0.1) is 12.1 Å². The van der Waals surface area contributed by atoms with E-state index in [1.807, 2.05) is 58.0 Å². The molecule has 1 aromatic heterocycles. The summed E-state index contributed by atoms with van der Waals surface area (Å²) >= 11 is 0. The molecule has 0 bridgehead atoms. The van der Waals surface area contributed by atoms with E-state index in [0.29, 0.717) is 19.4 Å². The summed E-state index contributed by atoms with van der Waals surface area (Å²) in [5.41, 5.74) is 0.149. The van der Waals surface area contributed by atoms with Crippen molar-refractivity contribution in [3.63, 3.8) is 0 Å². The lowest BCUT2D eigenvalue weighted by Gasteiger charge is -2.38. The average molecular weight is 775 g/mol. The molecule has 0 radical (unpaired) electrons. The molecule has 3 aliphatic carbocycles. The first kappa shape index (κ1) is 40.9. The number of carbonyl (C=O) groups is 6. The van der Waals surface area contributed by atoms with Crippen LogP contribution < -0.4 is 26.0 Å². The smallest absolute Gasteiger partial charge is 0.290 e. The second-order valence-electron chi connectivity index (χ2n) is 17.2. The molecule has 0 unspecified atom stereocenters. The molecule has 4 N–H and O–H groups in total. The van der Waals surface area contributed by atoms with E-state index in [0.717, 1.165) is 69.8 Å². The van der Waals surface area contributed by atoms with Gasteiger partial charge in [-0.15, -0.1) is 0 Å². The number of amides is 5. The molecular formula is C42H58N6O8. The van der Waals surface area contributed by atoms with Crippen molar-refractivity contribution in [2.24, 2.45) is 23.2 Å². The fourth-order valence-corrected chi connectivity index (χ4v) is 8.61. The van der Waals surface area contributed by atoms with Crippen molar-refractivity contribution < 1.29 is 38.0 Å². The molecule has 1 saturated heterocycles. The highest BCUT2D eigenvalue weighted by atomic mass is 16.5. The third-order valence-electron chi connectivity index (χ3n) is 11.8. The monoisotopic (exact) mass is 774 g/mol. The van der Waals surface area contributed by atoms with Crippen molar-refractivity contribution in [1.29, 1.82) is 0 Å². The highest BCUT2D eigenvalue weighted by Crippen LogP contribution is 2.43. The van der Waals surface area contributed by atoms with Crippen LogP contribution in [0.15, 0.2) is 40.9 Å². The quantitative estimate of drug-likeness (QED) is 0.181. The Balaban J connectivity index is 1.17. The number of nitrogens with zero attached hydrogens (tertiary/aromatic N) is 2. The molecular weight excluding hydrogens is 716 g/mol. The Morgan fingerprint density at radius 1 is 0.911 bits per heavy atom. The maximum Gasteiger partial charge on any atom is 0.290 e. The second-order valence-corrected chi connectivity index (χ2v) is 17.2. The van der Waals surface area contributed by atoms with Crippen LogP contribution in [-0.2, 0) is 30.6 Å². The van der Waals surface area contributed by atoms with Crippen molar-refractivity contribution in [2.75, 3.05) is 6.54 Å². The van der Waals surface area contributed by atoms with E-state index < -0.39 is 64.9 Å². The van der Waals surface area contributed by atoms with E-state index in [1.54, 1.807) is 4.90 Å². The van der Waals surface area contributed by atoms with Crippen LogP contribution in [0.5, 0.6) is 5.88 Å². The molecule has 1 aliphatic heterocycles. The van der Waals surface area contributed by atoms with Gasteiger partial charge >= 0.3 is 0 Å². The van der Waals surface area contributed by atoms with E-state index >= 15 is 0 Å². The number of ketones is 1. The summed E-state index contributed by atoms with van der Waals surface area (Å²) in [6.07, 6.45) is 9.37. The Labute approximate surface area is 329 Å². The zero-order chi connectivity index (χ0) is 40.0. The number of rotatable bonds is 16. The van der Waals surface area contributed by atoms with Gasteiger partial charge in [0.1, 0.15) is 24.7 Å². The molecule has 3 saturated carbocycles. The van der Waals surface area contributed by atoms with Crippen LogP contribution in [0.3, 0.4) is 0 Å².